The Labute approximate surface area is 123 Å². The number of aromatic nitrogens is 2. The molecule has 0 radical (unpaired) electrons. The van der Waals surface area contributed by atoms with E-state index in [0.717, 1.165) is 43.0 Å². The summed E-state index contributed by atoms with van der Waals surface area (Å²) >= 11 is 0. The van der Waals surface area contributed by atoms with Crippen molar-refractivity contribution in [1.82, 2.24) is 14.9 Å². The highest BCUT2D eigenvalue weighted by atomic mass is 16.4. The minimum absolute atomic E-state index is 0.204. The molecule has 6 nitrogen and oxygen atoms in total. The zero-order valence-electron chi connectivity index (χ0n) is 11.8. The van der Waals surface area contributed by atoms with Gasteiger partial charge in [-0.05, 0) is 12.1 Å². The third kappa shape index (κ3) is 3.28. The lowest BCUT2D eigenvalue weighted by Gasteiger charge is -2.35. The second kappa shape index (κ2) is 6.05. The summed E-state index contributed by atoms with van der Waals surface area (Å²) in [5.74, 6) is 0.157. The normalized spacial score (nSPS) is 16.3. The molecule has 2 aromatic rings. The standard InChI is InChI=1S/C15H18N4O2/c20-15(21)5-6-18-7-9-19(10-8-18)14-11-16-12-3-1-2-4-13(12)17-14/h1-4,11H,5-10H2,(H,20,21). The summed E-state index contributed by atoms with van der Waals surface area (Å²) < 4.78 is 0. The first-order valence-electron chi connectivity index (χ1n) is 7.13. The van der Waals surface area contributed by atoms with Gasteiger partial charge in [-0.15, -0.1) is 0 Å². The summed E-state index contributed by atoms with van der Waals surface area (Å²) in [7, 11) is 0. The summed E-state index contributed by atoms with van der Waals surface area (Å²) in [6.07, 6.45) is 2.02. The van der Waals surface area contributed by atoms with Crippen molar-refractivity contribution < 1.29 is 9.90 Å². The number of hydrogen-bond acceptors (Lipinski definition) is 5. The van der Waals surface area contributed by atoms with E-state index < -0.39 is 5.97 Å². The van der Waals surface area contributed by atoms with Gasteiger partial charge in [0.2, 0.25) is 0 Å². The fourth-order valence-electron chi connectivity index (χ4n) is 2.55. The molecule has 0 saturated carbocycles. The second-order valence-electron chi connectivity index (χ2n) is 5.19. The highest BCUT2D eigenvalue weighted by molar-refractivity contribution is 5.75. The number of benzene rings is 1. The van der Waals surface area contributed by atoms with Gasteiger partial charge in [0.05, 0.1) is 23.7 Å². The minimum Gasteiger partial charge on any atom is -0.481 e. The van der Waals surface area contributed by atoms with Crippen molar-refractivity contribution >= 4 is 22.8 Å². The van der Waals surface area contributed by atoms with Crippen LogP contribution in [0, 0.1) is 0 Å². The molecule has 0 atom stereocenters. The van der Waals surface area contributed by atoms with Crippen LogP contribution in [-0.4, -0.2) is 58.7 Å². The van der Waals surface area contributed by atoms with Gasteiger partial charge in [-0.25, -0.2) is 4.98 Å². The maximum Gasteiger partial charge on any atom is 0.304 e. The van der Waals surface area contributed by atoms with E-state index >= 15 is 0 Å². The number of carboxylic acids is 1. The molecular weight excluding hydrogens is 268 g/mol. The predicted molar refractivity (Wildman–Crippen MR) is 80.4 cm³/mol. The van der Waals surface area contributed by atoms with E-state index in [4.69, 9.17) is 5.11 Å². The van der Waals surface area contributed by atoms with Crippen LogP contribution in [0.1, 0.15) is 6.42 Å². The lowest BCUT2D eigenvalue weighted by atomic mass is 10.2. The van der Waals surface area contributed by atoms with Crippen LogP contribution in [0.3, 0.4) is 0 Å². The number of hydrogen-bond donors (Lipinski definition) is 1. The minimum atomic E-state index is -0.738. The molecule has 21 heavy (non-hydrogen) atoms. The SMILES string of the molecule is O=C(O)CCN1CCN(c2cnc3ccccc3n2)CC1. The summed E-state index contributed by atoms with van der Waals surface area (Å²) in [6, 6.07) is 7.84. The van der Waals surface area contributed by atoms with E-state index in [9.17, 15) is 4.79 Å². The highest BCUT2D eigenvalue weighted by Gasteiger charge is 2.18. The number of aliphatic carboxylic acids is 1. The summed E-state index contributed by atoms with van der Waals surface area (Å²) in [5.41, 5.74) is 1.81. The molecule has 1 aliphatic heterocycles. The summed E-state index contributed by atoms with van der Waals surface area (Å²) in [4.78, 5) is 24.1. The Morgan fingerprint density at radius 1 is 1.14 bits per heavy atom. The summed E-state index contributed by atoms with van der Waals surface area (Å²) in [5, 5.41) is 8.72. The molecule has 0 spiro atoms. The Balaban J connectivity index is 1.64. The molecule has 1 N–H and O–H groups in total. The average molecular weight is 286 g/mol. The number of para-hydroxylation sites is 2. The third-order valence-electron chi connectivity index (χ3n) is 3.77. The monoisotopic (exact) mass is 286 g/mol. The molecule has 3 rings (SSSR count). The van der Waals surface area contributed by atoms with Crippen molar-refractivity contribution in [1.29, 1.82) is 0 Å². The zero-order valence-corrected chi connectivity index (χ0v) is 11.8. The van der Waals surface area contributed by atoms with Crippen molar-refractivity contribution in [2.24, 2.45) is 0 Å². The Hall–Kier alpha value is -2.21. The molecule has 2 heterocycles. The van der Waals surface area contributed by atoms with Crippen molar-refractivity contribution in [3.05, 3.63) is 30.5 Å². The number of piperazine rings is 1. The number of carboxylic acid groups (broad SMARTS) is 1. The Morgan fingerprint density at radius 2 is 1.86 bits per heavy atom. The van der Waals surface area contributed by atoms with Crippen LogP contribution in [-0.2, 0) is 4.79 Å². The van der Waals surface area contributed by atoms with Crippen LogP contribution in [0.15, 0.2) is 30.5 Å². The van der Waals surface area contributed by atoms with Crippen LogP contribution < -0.4 is 4.90 Å². The molecule has 110 valence electrons. The van der Waals surface area contributed by atoms with E-state index in [-0.39, 0.29) is 6.42 Å². The largest absolute Gasteiger partial charge is 0.481 e. The van der Waals surface area contributed by atoms with Gasteiger partial charge in [0.15, 0.2) is 0 Å². The van der Waals surface area contributed by atoms with Gasteiger partial charge >= 0.3 is 5.97 Å². The van der Waals surface area contributed by atoms with Gasteiger partial charge in [-0.3, -0.25) is 14.7 Å². The van der Waals surface area contributed by atoms with Crippen LogP contribution in [0.5, 0.6) is 0 Å². The first-order valence-corrected chi connectivity index (χ1v) is 7.13. The molecular formula is C15H18N4O2. The van der Waals surface area contributed by atoms with Crippen LogP contribution >= 0.6 is 0 Å². The fourth-order valence-corrected chi connectivity index (χ4v) is 2.55. The van der Waals surface area contributed by atoms with Crippen molar-refractivity contribution in [2.45, 2.75) is 6.42 Å². The van der Waals surface area contributed by atoms with Gasteiger partial charge in [-0.1, -0.05) is 12.1 Å². The van der Waals surface area contributed by atoms with Crippen molar-refractivity contribution in [3.8, 4) is 0 Å². The maximum absolute atomic E-state index is 10.6. The van der Waals surface area contributed by atoms with E-state index in [1.165, 1.54) is 0 Å². The summed E-state index contributed by atoms with van der Waals surface area (Å²) in [6.45, 7) is 4.05. The fraction of sp³-hybridized carbons (Fsp3) is 0.400. The topological polar surface area (TPSA) is 69.6 Å². The highest BCUT2D eigenvalue weighted by Crippen LogP contribution is 2.16. The van der Waals surface area contributed by atoms with E-state index in [2.05, 4.69) is 19.8 Å². The lowest BCUT2D eigenvalue weighted by molar-refractivity contribution is -0.137. The predicted octanol–water partition coefficient (Wildman–Crippen LogP) is 1.23. The van der Waals surface area contributed by atoms with Crippen LogP contribution in [0.4, 0.5) is 5.82 Å². The smallest absolute Gasteiger partial charge is 0.304 e. The number of rotatable bonds is 4. The van der Waals surface area contributed by atoms with Gasteiger partial charge in [0.1, 0.15) is 5.82 Å². The Bertz CT molecular complexity index is 638. The third-order valence-corrected chi connectivity index (χ3v) is 3.77. The van der Waals surface area contributed by atoms with E-state index in [1.54, 1.807) is 0 Å². The van der Waals surface area contributed by atoms with Crippen molar-refractivity contribution in [2.75, 3.05) is 37.6 Å². The average Bonchev–Trinajstić information content (AvgIpc) is 2.53. The first kappa shape index (κ1) is 13.8. The molecule has 1 fully saturated rings. The quantitative estimate of drug-likeness (QED) is 0.911. The number of carbonyl (C=O) groups is 1. The van der Waals surface area contributed by atoms with Gasteiger partial charge < -0.3 is 10.0 Å². The Morgan fingerprint density at radius 3 is 2.57 bits per heavy atom. The van der Waals surface area contributed by atoms with E-state index in [1.807, 2.05) is 30.5 Å². The zero-order chi connectivity index (χ0) is 14.7. The number of fused-ring (bicyclic) bond motifs is 1. The van der Waals surface area contributed by atoms with Gasteiger partial charge in [0, 0.05) is 32.7 Å². The molecule has 6 heteroatoms. The van der Waals surface area contributed by atoms with E-state index in [0.29, 0.717) is 6.54 Å². The molecule has 0 bridgehead atoms. The Kier molecular flexibility index (Phi) is 3.96. The molecule has 0 amide bonds. The molecule has 1 aromatic heterocycles. The molecule has 1 aromatic carbocycles. The molecule has 0 unspecified atom stereocenters. The second-order valence-corrected chi connectivity index (χ2v) is 5.19. The first-order chi connectivity index (χ1) is 10.2. The number of anilines is 1. The lowest BCUT2D eigenvalue weighted by Crippen LogP contribution is -2.47. The van der Waals surface area contributed by atoms with Gasteiger partial charge in [0.25, 0.3) is 0 Å². The number of nitrogens with zero attached hydrogens (tertiary/aromatic N) is 4. The van der Waals surface area contributed by atoms with Gasteiger partial charge in [-0.2, -0.15) is 0 Å². The molecule has 1 aliphatic rings. The molecule has 1 saturated heterocycles. The van der Waals surface area contributed by atoms with Crippen LogP contribution in [0.25, 0.3) is 11.0 Å². The molecule has 0 aliphatic carbocycles. The van der Waals surface area contributed by atoms with Crippen LogP contribution in [0.2, 0.25) is 0 Å². The maximum atomic E-state index is 10.6. The van der Waals surface area contributed by atoms with Crippen molar-refractivity contribution in [3.63, 3.8) is 0 Å².